The van der Waals surface area contributed by atoms with E-state index in [9.17, 15) is 8.42 Å². The number of hydrogen-bond acceptors (Lipinski definition) is 6. The highest BCUT2D eigenvalue weighted by molar-refractivity contribution is 7.89. The fraction of sp³-hybridized carbons (Fsp3) is 0.280. The fourth-order valence-electron chi connectivity index (χ4n) is 4.48. The van der Waals surface area contributed by atoms with Gasteiger partial charge in [-0.3, -0.25) is 0 Å². The number of fused-ring (bicyclic) bond motifs is 1. The molecule has 1 fully saturated rings. The molecule has 8 nitrogen and oxygen atoms in total. The molecule has 2 aromatic carbocycles. The van der Waals surface area contributed by atoms with E-state index < -0.39 is 10.0 Å². The van der Waals surface area contributed by atoms with Crippen molar-refractivity contribution in [2.45, 2.75) is 30.2 Å². The van der Waals surface area contributed by atoms with Gasteiger partial charge in [-0.25, -0.2) is 18.1 Å². The Kier molecular flexibility index (Phi) is 6.59. The Morgan fingerprint density at radius 2 is 1.89 bits per heavy atom. The highest BCUT2D eigenvalue weighted by Gasteiger charge is 2.21. The molecule has 1 atom stereocenters. The van der Waals surface area contributed by atoms with Crippen molar-refractivity contribution in [3.63, 3.8) is 0 Å². The average molecular weight is 486 g/mol. The second-order valence-corrected chi connectivity index (χ2v) is 10.6. The first-order valence-electron chi connectivity index (χ1n) is 11.7. The van der Waals surface area contributed by atoms with Crippen LogP contribution in [0.3, 0.4) is 0 Å². The maximum Gasteiger partial charge on any atom is 0.240 e. The molecule has 1 saturated heterocycles. The van der Waals surface area contributed by atoms with Crippen molar-refractivity contribution in [1.82, 2.24) is 24.2 Å². The number of nitrogens with zero attached hydrogens (tertiary/aromatic N) is 4. The minimum Gasteiger partial charge on any atom is -0.340 e. The molecular weight excluding hydrogens is 459 g/mol. The molecule has 3 heterocycles. The van der Waals surface area contributed by atoms with Crippen LogP contribution in [0.4, 0.5) is 11.5 Å². The van der Waals surface area contributed by atoms with Crippen LogP contribution in [-0.2, 0) is 10.0 Å². The number of benzene rings is 2. The molecule has 178 valence electrons. The van der Waals surface area contributed by atoms with E-state index in [1.807, 2.05) is 36.4 Å². The van der Waals surface area contributed by atoms with Gasteiger partial charge in [0.25, 0.3) is 0 Å². The van der Waals surface area contributed by atoms with E-state index in [1.165, 1.54) is 6.42 Å². The predicted molar refractivity (Wildman–Crippen MR) is 139 cm³/mol. The first-order chi connectivity index (χ1) is 16.9. The number of sulfonamides is 1. The fourth-order valence-corrected chi connectivity index (χ4v) is 5.53. The summed E-state index contributed by atoms with van der Waals surface area (Å²) in [4.78, 5) is 7.19. The predicted octanol–water partition coefficient (Wildman–Crippen LogP) is 2.70. The average Bonchev–Trinajstić information content (AvgIpc) is 3.45. The highest BCUT2D eigenvalue weighted by Crippen LogP contribution is 2.25. The smallest absolute Gasteiger partial charge is 0.240 e. The molecule has 0 aliphatic carbocycles. The van der Waals surface area contributed by atoms with Gasteiger partial charge in [-0.05, 0) is 62.6 Å². The van der Waals surface area contributed by atoms with Gasteiger partial charge in [0.15, 0.2) is 5.65 Å². The van der Waals surface area contributed by atoms with Crippen molar-refractivity contribution in [3.8, 4) is 11.3 Å². The summed E-state index contributed by atoms with van der Waals surface area (Å²) in [6.07, 6.45) is 4.66. The molecule has 5 rings (SSSR count). The minimum absolute atomic E-state index is 0.232. The second kappa shape index (κ2) is 9.81. The van der Waals surface area contributed by atoms with Gasteiger partial charge in [0.1, 0.15) is 13.7 Å². The van der Waals surface area contributed by atoms with Gasteiger partial charge < -0.3 is 10.2 Å². The van der Waals surface area contributed by atoms with Gasteiger partial charge in [0, 0.05) is 36.1 Å². The van der Waals surface area contributed by atoms with E-state index in [2.05, 4.69) is 32.1 Å². The molecule has 0 bridgehead atoms. The molecule has 2 radical (unpaired) electrons. The summed E-state index contributed by atoms with van der Waals surface area (Å²) in [6.45, 7) is 1.50. The Morgan fingerprint density at radius 3 is 2.60 bits per heavy atom. The van der Waals surface area contributed by atoms with Crippen LogP contribution in [0, 0.1) is 0 Å². The zero-order valence-electron chi connectivity index (χ0n) is 19.6. The van der Waals surface area contributed by atoms with Crippen molar-refractivity contribution in [2.24, 2.45) is 0 Å². The number of aromatic nitrogens is 3. The van der Waals surface area contributed by atoms with Gasteiger partial charge in [-0.15, -0.1) is 0 Å². The van der Waals surface area contributed by atoms with E-state index in [0.717, 1.165) is 36.3 Å². The van der Waals surface area contributed by atoms with E-state index in [-0.39, 0.29) is 4.90 Å². The molecule has 1 aliphatic heterocycles. The van der Waals surface area contributed by atoms with Crippen molar-refractivity contribution >= 4 is 40.5 Å². The van der Waals surface area contributed by atoms with Crippen LogP contribution in [0.1, 0.15) is 19.3 Å². The quantitative estimate of drug-likeness (QED) is 0.372. The minimum atomic E-state index is -3.57. The van der Waals surface area contributed by atoms with Crippen LogP contribution in [0.25, 0.3) is 16.9 Å². The Bertz CT molecular complexity index is 1420. The third kappa shape index (κ3) is 5.09. The summed E-state index contributed by atoms with van der Waals surface area (Å²) in [6, 6.07) is 18.8. The molecule has 1 unspecified atom stereocenters. The zero-order valence-corrected chi connectivity index (χ0v) is 20.4. The summed E-state index contributed by atoms with van der Waals surface area (Å²) in [5, 5.41) is 7.65. The molecule has 35 heavy (non-hydrogen) atoms. The third-order valence-electron chi connectivity index (χ3n) is 6.45. The maximum absolute atomic E-state index is 12.8. The molecule has 2 N–H and O–H groups in total. The molecular formula is C25H27BN6O2S. The van der Waals surface area contributed by atoms with Crippen molar-refractivity contribution in [3.05, 3.63) is 66.9 Å². The molecule has 0 saturated carbocycles. The lowest BCUT2D eigenvalue weighted by Crippen LogP contribution is -2.31. The lowest BCUT2D eigenvalue weighted by atomic mass is 10.0. The maximum atomic E-state index is 12.8. The largest absolute Gasteiger partial charge is 0.340 e. The van der Waals surface area contributed by atoms with Crippen LogP contribution in [-0.4, -0.2) is 61.9 Å². The Hall–Kier alpha value is -3.21. The topological polar surface area (TPSA) is 91.6 Å². The summed E-state index contributed by atoms with van der Waals surface area (Å²) < 4.78 is 29.9. The molecule has 0 spiro atoms. The van der Waals surface area contributed by atoms with E-state index >= 15 is 0 Å². The summed E-state index contributed by atoms with van der Waals surface area (Å²) >= 11 is 0. The van der Waals surface area contributed by atoms with Crippen molar-refractivity contribution < 1.29 is 8.42 Å². The number of rotatable bonds is 8. The third-order valence-corrected chi connectivity index (χ3v) is 7.92. The van der Waals surface area contributed by atoms with E-state index in [1.54, 1.807) is 35.0 Å². The van der Waals surface area contributed by atoms with Gasteiger partial charge in [-0.1, -0.05) is 30.3 Å². The van der Waals surface area contributed by atoms with Crippen LogP contribution >= 0.6 is 0 Å². The number of anilines is 2. The van der Waals surface area contributed by atoms with Crippen LogP contribution < -0.4 is 15.5 Å². The SMILES string of the molecule is [B]c1cnn2c(Nc3ccc(S(=O)(=O)NCCC4CCCN4C)cc3)cc(-c3ccccc3)nc12. The summed E-state index contributed by atoms with van der Waals surface area (Å²) in [7, 11) is 4.61. The normalized spacial score (nSPS) is 16.7. The van der Waals surface area contributed by atoms with Gasteiger partial charge in [0.2, 0.25) is 10.0 Å². The molecule has 10 heteroatoms. The number of nitrogens with one attached hydrogen (secondary N) is 2. The molecule has 4 aromatic rings. The Morgan fingerprint density at radius 1 is 1.11 bits per heavy atom. The summed E-state index contributed by atoms with van der Waals surface area (Å²) in [5.74, 6) is 0.667. The van der Waals surface area contributed by atoms with E-state index in [0.29, 0.717) is 29.5 Å². The van der Waals surface area contributed by atoms with Crippen molar-refractivity contribution in [1.29, 1.82) is 0 Å². The van der Waals surface area contributed by atoms with Crippen molar-refractivity contribution in [2.75, 3.05) is 25.5 Å². The number of likely N-dealkylation sites (tertiary alicyclic amines) is 1. The van der Waals surface area contributed by atoms with Crippen LogP contribution in [0.15, 0.2) is 71.8 Å². The Balaban J connectivity index is 1.33. The van der Waals surface area contributed by atoms with E-state index in [4.69, 9.17) is 7.85 Å². The molecule has 2 aromatic heterocycles. The van der Waals surface area contributed by atoms with Gasteiger partial charge in [0.05, 0.1) is 10.6 Å². The van der Waals surface area contributed by atoms with Crippen LogP contribution in [0.5, 0.6) is 0 Å². The lowest BCUT2D eigenvalue weighted by Gasteiger charge is -2.19. The first kappa shape index (κ1) is 23.5. The molecule has 0 amide bonds. The zero-order chi connectivity index (χ0) is 24.4. The van der Waals surface area contributed by atoms with Gasteiger partial charge in [-0.2, -0.15) is 9.61 Å². The monoisotopic (exact) mass is 486 g/mol. The lowest BCUT2D eigenvalue weighted by molar-refractivity contribution is 0.297. The summed E-state index contributed by atoms with van der Waals surface area (Å²) in [5.41, 5.74) is 3.45. The van der Waals surface area contributed by atoms with Crippen LogP contribution in [0.2, 0.25) is 0 Å². The highest BCUT2D eigenvalue weighted by atomic mass is 32.2. The van der Waals surface area contributed by atoms with Gasteiger partial charge >= 0.3 is 0 Å². The standard InChI is InChI=1S/C25H27BN6O2S/c1-31-15-5-8-20(31)13-14-28-35(33,34)21-11-9-19(10-12-21)29-24-16-23(18-6-3-2-4-7-18)30-25-22(26)17-27-32(24)25/h2-4,6-7,9-12,16-17,20,28-29H,5,8,13-15H2,1H3. The Labute approximate surface area is 206 Å². The number of hydrogen-bond donors (Lipinski definition) is 2. The first-order valence-corrected chi connectivity index (χ1v) is 13.2. The molecule has 1 aliphatic rings. The second-order valence-electron chi connectivity index (χ2n) is 8.84.